The Labute approximate surface area is 123 Å². The van der Waals surface area contributed by atoms with Crippen LogP contribution in [0.5, 0.6) is 0 Å². The van der Waals surface area contributed by atoms with E-state index < -0.39 is 0 Å². The second kappa shape index (κ2) is 13.0. The molecule has 19 heavy (non-hydrogen) atoms. The monoisotopic (exact) mass is 269 g/mol. The Hall–Kier alpha value is -0.0400. The third-order valence-electron chi connectivity index (χ3n) is 4.27. The number of hydrogen-bond donors (Lipinski definition) is 0. The van der Waals surface area contributed by atoms with E-state index in [9.17, 15) is 0 Å². The molecule has 0 aromatic carbocycles. The maximum absolute atomic E-state index is 2.73. The van der Waals surface area contributed by atoms with Gasteiger partial charge in [-0.15, -0.1) is 0 Å². The van der Waals surface area contributed by atoms with Crippen molar-refractivity contribution in [2.45, 2.75) is 86.0 Å². The van der Waals surface area contributed by atoms with Crippen LogP contribution in [0.25, 0.3) is 0 Å². The molecule has 116 valence electrons. The molecule has 0 heterocycles. The van der Waals surface area contributed by atoms with Gasteiger partial charge in [0.2, 0.25) is 0 Å². The Morgan fingerprint density at radius 2 is 0.895 bits per heavy atom. The number of hydrogen-bond acceptors (Lipinski definition) is 1. The first kappa shape index (κ1) is 19.0. The highest BCUT2D eigenvalue weighted by atomic mass is 15.1. The van der Waals surface area contributed by atoms with Gasteiger partial charge in [-0.25, -0.2) is 0 Å². The fourth-order valence-electron chi connectivity index (χ4n) is 3.35. The Morgan fingerprint density at radius 3 is 1.11 bits per heavy atom. The summed E-state index contributed by atoms with van der Waals surface area (Å²) in [7, 11) is 0. The van der Waals surface area contributed by atoms with Crippen molar-refractivity contribution in [1.29, 1.82) is 0 Å². The van der Waals surface area contributed by atoms with E-state index in [4.69, 9.17) is 0 Å². The molecule has 0 bridgehead atoms. The Balaban J connectivity index is 4.27. The first-order chi connectivity index (χ1) is 9.21. The van der Waals surface area contributed by atoms with Gasteiger partial charge >= 0.3 is 0 Å². The third-order valence-corrected chi connectivity index (χ3v) is 4.27. The van der Waals surface area contributed by atoms with Crippen LogP contribution < -0.4 is 0 Å². The van der Waals surface area contributed by atoms with Crippen molar-refractivity contribution in [3.63, 3.8) is 0 Å². The van der Waals surface area contributed by atoms with E-state index >= 15 is 0 Å². The van der Waals surface area contributed by atoms with Crippen LogP contribution in [0.3, 0.4) is 0 Å². The van der Waals surface area contributed by atoms with Crippen molar-refractivity contribution in [3.05, 3.63) is 0 Å². The predicted molar refractivity (Wildman–Crippen MR) is 88.7 cm³/mol. The molecule has 0 aliphatic rings. The van der Waals surface area contributed by atoms with Crippen LogP contribution in [0.4, 0.5) is 0 Å². The van der Waals surface area contributed by atoms with Crippen LogP contribution in [0, 0.1) is 11.8 Å². The van der Waals surface area contributed by atoms with Crippen molar-refractivity contribution in [2.75, 3.05) is 19.6 Å². The van der Waals surface area contributed by atoms with Crippen molar-refractivity contribution in [3.8, 4) is 0 Å². The van der Waals surface area contributed by atoms with Crippen molar-refractivity contribution in [1.82, 2.24) is 4.90 Å². The standard InChI is InChI=1S/C18H39N/c1-6-11-17(12-7-2)15-19(10-5)16-18(13-8-3)14-9-4/h17-18H,6-16H2,1-5H3. The fraction of sp³-hybridized carbons (Fsp3) is 1.00. The van der Waals surface area contributed by atoms with Crippen molar-refractivity contribution >= 4 is 0 Å². The van der Waals surface area contributed by atoms with Crippen molar-refractivity contribution < 1.29 is 0 Å². The van der Waals surface area contributed by atoms with Gasteiger partial charge in [-0.2, -0.15) is 0 Å². The Morgan fingerprint density at radius 1 is 0.579 bits per heavy atom. The van der Waals surface area contributed by atoms with Crippen LogP contribution in [-0.4, -0.2) is 24.5 Å². The average Bonchev–Trinajstić information content (AvgIpc) is 2.39. The smallest absolute Gasteiger partial charge is 0.000965 e. The summed E-state index contributed by atoms with van der Waals surface area (Å²) in [6, 6.07) is 0. The molecule has 0 aromatic heterocycles. The molecule has 0 saturated carbocycles. The molecule has 1 heteroatoms. The van der Waals surface area contributed by atoms with Crippen LogP contribution in [-0.2, 0) is 0 Å². The van der Waals surface area contributed by atoms with Gasteiger partial charge < -0.3 is 4.90 Å². The Bertz CT molecular complexity index is 149. The van der Waals surface area contributed by atoms with Crippen LogP contribution in [0.1, 0.15) is 86.0 Å². The lowest BCUT2D eigenvalue weighted by Gasteiger charge is -2.30. The molecule has 0 fully saturated rings. The topological polar surface area (TPSA) is 3.24 Å². The van der Waals surface area contributed by atoms with E-state index in [-0.39, 0.29) is 0 Å². The largest absolute Gasteiger partial charge is 0.303 e. The second-order valence-electron chi connectivity index (χ2n) is 6.24. The lowest BCUT2D eigenvalue weighted by molar-refractivity contribution is 0.185. The maximum Gasteiger partial charge on any atom is 0.000965 e. The molecular weight excluding hydrogens is 230 g/mol. The Kier molecular flexibility index (Phi) is 12.9. The van der Waals surface area contributed by atoms with Gasteiger partial charge in [0.05, 0.1) is 0 Å². The number of rotatable bonds is 13. The predicted octanol–water partition coefficient (Wildman–Crippen LogP) is 5.74. The summed E-state index contributed by atoms with van der Waals surface area (Å²) in [6.45, 7) is 15.6. The molecule has 0 unspecified atom stereocenters. The minimum atomic E-state index is 0.929. The zero-order valence-electron chi connectivity index (χ0n) is 14.4. The minimum Gasteiger partial charge on any atom is -0.303 e. The number of nitrogens with zero attached hydrogens (tertiary/aromatic N) is 1. The van der Waals surface area contributed by atoms with E-state index in [1.54, 1.807) is 0 Å². The molecule has 0 atom stereocenters. The van der Waals surface area contributed by atoms with E-state index in [0.717, 1.165) is 11.8 Å². The summed E-state index contributed by atoms with van der Waals surface area (Å²) in [5.41, 5.74) is 0. The third kappa shape index (κ3) is 9.49. The summed E-state index contributed by atoms with van der Waals surface area (Å²) < 4.78 is 0. The van der Waals surface area contributed by atoms with Gasteiger partial charge in [0.15, 0.2) is 0 Å². The van der Waals surface area contributed by atoms with Gasteiger partial charge in [0, 0.05) is 13.1 Å². The highest BCUT2D eigenvalue weighted by Gasteiger charge is 2.16. The second-order valence-corrected chi connectivity index (χ2v) is 6.24. The first-order valence-corrected chi connectivity index (χ1v) is 8.93. The molecule has 0 aromatic rings. The molecule has 0 saturated heterocycles. The quantitative estimate of drug-likeness (QED) is 0.412. The molecule has 0 radical (unpaired) electrons. The van der Waals surface area contributed by atoms with Gasteiger partial charge in [-0.3, -0.25) is 0 Å². The average molecular weight is 270 g/mol. The molecule has 0 N–H and O–H groups in total. The van der Waals surface area contributed by atoms with Crippen LogP contribution >= 0.6 is 0 Å². The summed E-state index contributed by atoms with van der Waals surface area (Å²) in [6.07, 6.45) is 11.0. The van der Waals surface area contributed by atoms with Gasteiger partial charge in [-0.05, 0) is 44.1 Å². The highest BCUT2D eigenvalue weighted by Crippen LogP contribution is 2.19. The zero-order valence-corrected chi connectivity index (χ0v) is 14.4. The molecule has 0 rings (SSSR count). The molecule has 0 aliphatic carbocycles. The summed E-state index contributed by atoms with van der Waals surface area (Å²) >= 11 is 0. The molecule has 0 amide bonds. The van der Waals surface area contributed by atoms with Gasteiger partial charge in [0.25, 0.3) is 0 Å². The van der Waals surface area contributed by atoms with Crippen LogP contribution in [0.15, 0.2) is 0 Å². The molecule has 0 spiro atoms. The van der Waals surface area contributed by atoms with E-state index in [0.29, 0.717) is 0 Å². The zero-order chi connectivity index (χ0) is 14.5. The van der Waals surface area contributed by atoms with E-state index in [2.05, 4.69) is 39.5 Å². The SMILES string of the molecule is CCCC(CCC)CN(CC)CC(CCC)CCC. The molecule has 1 nitrogen and oxygen atoms in total. The van der Waals surface area contributed by atoms with Gasteiger partial charge in [-0.1, -0.05) is 60.3 Å². The first-order valence-electron chi connectivity index (χ1n) is 8.93. The fourth-order valence-corrected chi connectivity index (χ4v) is 3.35. The lowest BCUT2D eigenvalue weighted by atomic mass is 9.95. The summed E-state index contributed by atoms with van der Waals surface area (Å²) in [5, 5.41) is 0. The van der Waals surface area contributed by atoms with Crippen molar-refractivity contribution in [2.24, 2.45) is 11.8 Å². The highest BCUT2D eigenvalue weighted by molar-refractivity contribution is 4.69. The lowest BCUT2D eigenvalue weighted by Crippen LogP contribution is -2.34. The van der Waals surface area contributed by atoms with E-state index in [1.807, 2.05) is 0 Å². The summed E-state index contributed by atoms with van der Waals surface area (Å²) in [5.74, 6) is 1.86. The normalized spacial score (nSPS) is 12.0. The maximum atomic E-state index is 2.73. The molecular formula is C18H39N. The van der Waals surface area contributed by atoms with E-state index in [1.165, 1.54) is 71.0 Å². The summed E-state index contributed by atoms with van der Waals surface area (Å²) in [4.78, 5) is 2.73. The minimum absolute atomic E-state index is 0.929. The van der Waals surface area contributed by atoms with Crippen LogP contribution in [0.2, 0.25) is 0 Å². The molecule has 0 aliphatic heterocycles. The van der Waals surface area contributed by atoms with Gasteiger partial charge in [0.1, 0.15) is 0 Å².